The van der Waals surface area contributed by atoms with Gasteiger partial charge >= 0.3 is 0 Å². The van der Waals surface area contributed by atoms with Crippen LogP contribution in [-0.2, 0) is 0 Å². The highest BCUT2D eigenvalue weighted by atomic mass is 15.0. The number of benzene rings is 8. The Morgan fingerprint density at radius 2 is 0.771 bits per heavy atom. The Kier molecular flexibility index (Phi) is 6.80. The summed E-state index contributed by atoms with van der Waals surface area (Å²) in [5.41, 5.74) is 7.54. The normalized spacial score (nSPS) is 11.3. The van der Waals surface area contributed by atoms with Crippen molar-refractivity contribution in [2.75, 3.05) is 0 Å². The van der Waals surface area contributed by atoms with E-state index in [0.717, 1.165) is 33.0 Å². The minimum atomic E-state index is 0.640. The van der Waals surface area contributed by atoms with Gasteiger partial charge in [0, 0.05) is 16.7 Å². The number of hydrogen-bond acceptors (Lipinski definition) is 3. The summed E-state index contributed by atoms with van der Waals surface area (Å²) >= 11 is 0. The van der Waals surface area contributed by atoms with E-state index in [0.29, 0.717) is 17.5 Å². The fraction of sp³-hybridized carbons (Fsp3) is 0. The summed E-state index contributed by atoms with van der Waals surface area (Å²) in [5, 5.41) is 7.08. The first-order valence-electron chi connectivity index (χ1n) is 16.2. The molecule has 0 amide bonds. The lowest BCUT2D eigenvalue weighted by molar-refractivity contribution is 1.08. The molecular formula is C45H29N3. The maximum atomic E-state index is 5.20. The Morgan fingerprint density at radius 3 is 1.52 bits per heavy atom. The second-order valence-electron chi connectivity index (χ2n) is 12.1. The first-order chi connectivity index (χ1) is 23.8. The van der Waals surface area contributed by atoms with Gasteiger partial charge in [0.25, 0.3) is 0 Å². The topological polar surface area (TPSA) is 38.7 Å². The second kappa shape index (κ2) is 11.7. The third-order valence-electron chi connectivity index (χ3n) is 9.08. The van der Waals surface area contributed by atoms with E-state index >= 15 is 0 Å². The van der Waals surface area contributed by atoms with Crippen molar-refractivity contribution in [3.05, 3.63) is 176 Å². The van der Waals surface area contributed by atoms with Crippen molar-refractivity contribution in [2.45, 2.75) is 0 Å². The van der Waals surface area contributed by atoms with Crippen LogP contribution in [0.3, 0.4) is 0 Å². The monoisotopic (exact) mass is 611 g/mol. The molecule has 0 fully saturated rings. The Balaban J connectivity index is 1.26. The van der Waals surface area contributed by atoms with Gasteiger partial charge < -0.3 is 0 Å². The predicted octanol–water partition coefficient (Wildman–Crippen LogP) is 11.7. The molecule has 9 rings (SSSR count). The zero-order chi connectivity index (χ0) is 31.9. The molecule has 0 saturated carbocycles. The molecular weight excluding hydrogens is 583 g/mol. The van der Waals surface area contributed by atoms with Crippen LogP contribution in [0.1, 0.15) is 0 Å². The third kappa shape index (κ3) is 4.99. The first kappa shape index (κ1) is 27.8. The molecule has 224 valence electrons. The zero-order valence-corrected chi connectivity index (χ0v) is 26.1. The van der Waals surface area contributed by atoms with Crippen LogP contribution < -0.4 is 0 Å². The molecule has 3 heteroatoms. The van der Waals surface area contributed by atoms with Gasteiger partial charge in [-0.05, 0) is 78.8 Å². The Labute approximate surface area is 278 Å². The van der Waals surface area contributed by atoms with Crippen LogP contribution in [-0.4, -0.2) is 15.0 Å². The third-order valence-corrected chi connectivity index (χ3v) is 9.08. The number of aromatic nitrogens is 3. The van der Waals surface area contributed by atoms with Crippen molar-refractivity contribution in [3.63, 3.8) is 0 Å². The molecule has 48 heavy (non-hydrogen) atoms. The van der Waals surface area contributed by atoms with E-state index in [1.807, 2.05) is 18.2 Å². The van der Waals surface area contributed by atoms with Gasteiger partial charge in [0.1, 0.15) is 0 Å². The van der Waals surface area contributed by atoms with Crippen LogP contribution in [0.4, 0.5) is 0 Å². The van der Waals surface area contributed by atoms with Crippen molar-refractivity contribution in [3.8, 4) is 56.4 Å². The van der Waals surface area contributed by atoms with Crippen LogP contribution in [0, 0.1) is 0 Å². The molecule has 0 radical (unpaired) electrons. The van der Waals surface area contributed by atoms with E-state index < -0.39 is 0 Å². The fourth-order valence-electron chi connectivity index (χ4n) is 6.75. The molecule has 1 heterocycles. The number of hydrogen-bond donors (Lipinski definition) is 0. The van der Waals surface area contributed by atoms with Crippen LogP contribution in [0.2, 0.25) is 0 Å². The summed E-state index contributed by atoms with van der Waals surface area (Å²) in [6, 6.07) is 61.7. The molecule has 0 unspecified atom stereocenters. The van der Waals surface area contributed by atoms with E-state index in [2.05, 4.69) is 158 Å². The Bertz CT molecular complexity index is 2610. The molecule has 3 nitrogen and oxygen atoms in total. The Morgan fingerprint density at radius 1 is 0.250 bits per heavy atom. The molecule has 9 aromatic rings. The average Bonchev–Trinajstić information content (AvgIpc) is 3.17. The molecule has 0 spiro atoms. The van der Waals surface area contributed by atoms with Crippen molar-refractivity contribution in [1.82, 2.24) is 15.0 Å². The summed E-state index contributed by atoms with van der Waals surface area (Å²) in [6.45, 7) is 0. The minimum absolute atomic E-state index is 0.640. The molecule has 0 saturated heterocycles. The summed E-state index contributed by atoms with van der Waals surface area (Å²) in [6.07, 6.45) is 0. The lowest BCUT2D eigenvalue weighted by Crippen LogP contribution is -2.01. The predicted molar refractivity (Wildman–Crippen MR) is 200 cm³/mol. The average molecular weight is 612 g/mol. The van der Waals surface area contributed by atoms with Crippen LogP contribution in [0.5, 0.6) is 0 Å². The molecule has 1 aromatic heterocycles. The van der Waals surface area contributed by atoms with E-state index in [1.165, 1.54) is 38.2 Å². The van der Waals surface area contributed by atoms with Crippen LogP contribution in [0.25, 0.3) is 88.7 Å². The summed E-state index contributed by atoms with van der Waals surface area (Å²) in [5.74, 6) is 1.94. The van der Waals surface area contributed by atoms with Gasteiger partial charge in [-0.2, -0.15) is 0 Å². The van der Waals surface area contributed by atoms with E-state index in [1.54, 1.807) is 0 Å². The summed E-state index contributed by atoms with van der Waals surface area (Å²) in [4.78, 5) is 15.4. The lowest BCUT2D eigenvalue weighted by Gasteiger charge is -2.14. The molecule has 0 N–H and O–H groups in total. The highest BCUT2D eigenvalue weighted by Crippen LogP contribution is 2.37. The minimum Gasteiger partial charge on any atom is -0.208 e. The molecule has 0 aliphatic rings. The van der Waals surface area contributed by atoms with E-state index in [4.69, 9.17) is 15.0 Å². The largest absolute Gasteiger partial charge is 0.208 e. The molecule has 0 aliphatic carbocycles. The van der Waals surface area contributed by atoms with E-state index in [9.17, 15) is 0 Å². The molecule has 0 atom stereocenters. The first-order valence-corrected chi connectivity index (χ1v) is 16.2. The lowest BCUT2D eigenvalue weighted by atomic mass is 9.92. The van der Waals surface area contributed by atoms with Gasteiger partial charge in [0.2, 0.25) is 0 Å². The van der Waals surface area contributed by atoms with Gasteiger partial charge in [0.05, 0.1) is 0 Å². The van der Waals surface area contributed by atoms with Gasteiger partial charge in [0.15, 0.2) is 17.5 Å². The summed E-state index contributed by atoms with van der Waals surface area (Å²) in [7, 11) is 0. The highest BCUT2D eigenvalue weighted by Gasteiger charge is 2.17. The number of rotatable bonds is 5. The molecule has 8 aromatic carbocycles. The van der Waals surface area contributed by atoms with Crippen LogP contribution in [0.15, 0.2) is 176 Å². The maximum absolute atomic E-state index is 5.20. The quantitative estimate of drug-likeness (QED) is 0.182. The molecule has 0 bridgehead atoms. The second-order valence-corrected chi connectivity index (χ2v) is 12.1. The van der Waals surface area contributed by atoms with E-state index in [-0.39, 0.29) is 0 Å². The van der Waals surface area contributed by atoms with Crippen molar-refractivity contribution >= 4 is 32.3 Å². The van der Waals surface area contributed by atoms with Crippen molar-refractivity contribution in [1.29, 1.82) is 0 Å². The van der Waals surface area contributed by atoms with Gasteiger partial charge in [-0.15, -0.1) is 0 Å². The van der Waals surface area contributed by atoms with Crippen molar-refractivity contribution in [2.24, 2.45) is 0 Å². The van der Waals surface area contributed by atoms with Crippen LogP contribution >= 0.6 is 0 Å². The Hall–Kier alpha value is -6.45. The maximum Gasteiger partial charge on any atom is 0.164 e. The summed E-state index contributed by atoms with van der Waals surface area (Å²) < 4.78 is 0. The fourth-order valence-corrected chi connectivity index (χ4v) is 6.75. The van der Waals surface area contributed by atoms with Crippen molar-refractivity contribution < 1.29 is 0 Å². The number of nitrogens with zero attached hydrogens (tertiary/aromatic N) is 3. The highest BCUT2D eigenvalue weighted by molar-refractivity contribution is 6.13. The number of fused-ring (bicyclic) bond motifs is 4. The smallest absolute Gasteiger partial charge is 0.164 e. The molecule has 0 aliphatic heterocycles. The van der Waals surface area contributed by atoms with Gasteiger partial charge in [-0.3, -0.25) is 0 Å². The standard InChI is InChI=1S/C45H29N3/c1-3-14-30(15-4-1)36-27-32-18-7-10-23-38(32)41(29-36)33-20-13-21-35(26-33)44-46-43(31-16-5-2-6-17-31)47-45(48-44)42-28-34-19-8-9-22-37(34)39-24-11-12-25-40(39)42/h1-29H. The van der Waals surface area contributed by atoms with Gasteiger partial charge in [-0.25, -0.2) is 15.0 Å². The zero-order valence-electron chi connectivity index (χ0n) is 26.1. The van der Waals surface area contributed by atoms with Gasteiger partial charge in [-0.1, -0.05) is 152 Å². The SMILES string of the molecule is c1ccc(-c2cc(-c3cccc(-c4nc(-c5ccccc5)nc(-c5cc6ccccc6c6ccccc56)n4)c3)c3ccccc3c2)cc1.